The van der Waals surface area contributed by atoms with Crippen LogP contribution in [0.25, 0.3) is 53.1 Å². The molecule has 13 rings (SSSR count). The van der Waals surface area contributed by atoms with Gasteiger partial charge in [-0.2, -0.15) is 8.42 Å². The van der Waals surface area contributed by atoms with E-state index in [0.29, 0.717) is 56.5 Å². The molecule has 0 spiro atoms. The van der Waals surface area contributed by atoms with Crippen molar-refractivity contribution in [1.29, 1.82) is 0 Å². The zero-order valence-electron chi connectivity index (χ0n) is 33.3. The van der Waals surface area contributed by atoms with Crippen LogP contribution in [0.4, 0.5) is 17.5 Å². The van der Waals surface area contributed by atoms with Crippen molar-refractivity contribution in [3.05, 3.63) is 174 Å². The van der Waals surface area contributed by atoms with Crippen LogP contribution in [-0.2, 0) is 15.7 Å². The largest absolute Gasteiger partial charge is 0.375 e. The Hall–Kier alpha value is -6.96. The Balaban J connectivity index is 1.13. The number of hydrogen-bond acceptors (Lipinski definition) is 13. The molecule has 0 saturated heterocycles. The van der Waals surface area contributed by atoms with E-state index in [9.17, 15) is 18.1 Å². The molecule has 0 saturated carbocycles. The molecule has 0 amide bonds. The summed E-state index contributed by atoms with van der Waals surface area (Å²) in [7, 11) is -5.10. The molecule has 12 nitrogen and oxygen atoms in total. The van der Waals surface area contributed by atoms with Crippen LogP contribution in [0.5, 0.6) is 0 Å². The first-order valence-electron chi connectivity index (χ1n) is 20.1. The molecule has 3 aromatic carbocycles. The fourth-order valence-electron chi connectivity index (χ4n) is 8.82. The molecule has 314 valence electrons. The second-order valence-electron chi connectivity index (χ2n) is 15.6. The number of aromatic amines is 2. The molecule has 65 heavy (non-hydrogen) atoms. The Morgan fingerprint density at radius 2 is 1.15 bits per heavy atom. The maximum atomic E-state index is 13.7. The van der Waals surface area contributed by atoms with Gasteiger partial charge in [0.05, 0.1) is 0 Å². The van der Waals surface area contributed by atoms with Crippen molar-refractivity contribution in [3.63, 3.8) is 0 Å². The van der Waals surface area contributed by atoms with Crippen LogP contribution in [0.1, 0.15) is 32.7 Å². The average Bonchev–Trinajstić information content (AvgIpc) is 4.15. The SMILES string of the molecule is O=S(=O)(O)C1=c2c(c3[nH]c2=NC2=NC(=Nc4[nH]c(c5cc(-c6cccs6)ccc45)N=C4N=C(N3)c3cc(-c5cccs5)ccc34)c3cc(-c4cccs4)ccc32)C=CC1(O)c1cccs1. The molecule has 1 unspecified atom stereocenters. The zero-order valence-corrected chi connectivity index (χ0v) is 37.3. The molecular weight excluding hydrogens is 913 g/mol. The maximum absolute atomic E-state index is 13.7. The van der Waals surface area contributed by atoms with Crippen molar-refractivity contribution in [3.8, 4) is 31.3 Å². The number of aliphatic hydroxyl groups is 1. The third-order valence-corrected chi connectivity index (χ3v) is 16.5. The molecule has 3 aliphatic heterocycles. The number of anilines is 1. The Morgan fingerprint density at radius 1 is 0.569 bits per heavy atom. The molecule has 1 aliphatic carbocycles. The zero-order chi connectivity index (χ0) is 43.6. The molecule has 9 aromatic rings. The summed E-state index contributed by atoms with van der Waals surface area (Å²) in [6.45, 7) is 0. The summed E-state index contributed by atoms with van der Waals surface area (Å²) in [4.78, 5) is 35.5. The van der Waals surface area contributed by atoms with Crippen molar-refractivity contribution in [2.45, 2.75) is 5.60 Å². The van der Waals surface area contributed by atoms with E-state index < -0.39 is 20.6 Å². The Morgan fingerprint density at radius 3 is 1.80 bits per heavy atom. The number of thiophene rings is 4. The molecule has 8 bridgehead atoms. The molecule has 6 aromatic heterocycles. The van der Waals surface area contributed by atoms with Crippen LogP contribution < -0.4 is 16.0 Å². The fraction of sp³-hybridized carbons (Fsp3) is 0.0208. The monoisotopic (exact) mass is 940 g/mol. The highest BCUT2D eigenvalue weighted by atomic mass is 32.2. The van der Waals surface area contributed by atoms with E-state index in [2.05, 4.69) is 51.0 Å². The standard InChI is InChI=1S/C48H28N8O4S5/c57-48(37-8-4-20-64-37)16-15-30-38(39(48)65(58,59)60)47-55-42-29-14-11-26(36-7-3-19-63-36)23-33(29)45(53-42)51-40-27-12-9-24(34-5-1-17-61-34)21-31(27)44(49-40)50-41-28-13-10-25(35-6-2-18-62-35)22-32(28)46(52-41)54-43(30)56-47/h1-23,49,57H,(H,50,52,54)(H,58,59,60)(H,51,53,55,56). The van der Waals surface area contributed by atoms with E-state index in [-0.39, 0.29) is 16.5 Å². The number of nitrogens with zero attached hydrogens (tertiary/aromatic N) is 5. The maximum Gasteiger partial charge on any atom is 0.295 e. The van der Waals surface area contributed by atoms with Gasteiger partial charge in [0, 0.05) is 63.3 Å². The molecular formula is C48H28N8O4S5. The van der Waals surface area contributed by atoms with Crippen LogP contribution in [0, 0.1) is 0 Å². The minimum Gasteiger partial charge on any atom is -0.375 e. The van der Waals surface area contributed by atoms with Crippen molar-refractivity contribution in [2.24, 2.45) is 25.0 Å². The first-order chi connectivity index (χ1) is 31.7. The van der Waals surface area contributed by atoms with Crippen molar-refractivity contribution in [2.75, 3.05) is 5.32 Å². The van der Waals surface area contributed by atoms with Gasteiger partial charge in [0.25, 0.3) is 10.1 Å². The van der Waals surface area contributed by atoms with E-state index in [1.165, 1.54) is 6.08 Å². The minimum atomic E-state index is -5.10. The summed E-state index contributed by atoms with van der Waals surface area (Å²) >= 11 is 6.05. The van der Waals surface area contributed by atoms with Gasteiger partial charge in [0.15, 0.2) is 23.1 Å². The van der Waals surface area contributed by atoms with Crippen LogP contribution in [0.3, 0.4) is 0 Å². The quantitative estimate of drug-likeness (QED) is 0.108. The van der Waals surface area contributed by atoms with Crippen molar-refractivity contribution in [1.82, 2.24) is 9.97 Å². The van der Waals surface area contributed by atoms with Gasteiger partial charge in [-0.3, -0.25) is 4.55 Å². The number of amidine groups is 4. The first-order valence-corrected chi connectivity index (χ1v) is 25.1. The molecule has 9 heterocycles. The Bertz CT molecular complexity index is 3890. The highest BCUT2D eigenvalue weighted by molar-refractivity contribution is 7.95. The van der Waals surface area contributed by atoms with Gasteiger partial charge in [-0.05, 0) is 105 Å². The second-order valence-corrected chi connectivity index (χ2v) is 20.7. The van der Waals surface area contributed by atoms with Crippen LogP contribution in [0.15, 0.2) is 156 Å². The second kappa shape index (κ2) is 14.3. The summed E-state index contributed by atoms with van der Waals surface area (Å²) in [5.41, 5.74) is 3.98. The lowest BCUT2D eigenvalue weighted by atomic mass is 9.93. The van der Waals surface area contributed by atoms with E-state index >= 15 is 0 Å². The summed E-state index contributed by atoms with van der Waals surface area (Å²) < 4.78 is 38.5. The number of nitrogens with one attached hydrogen (secondary N) is 3. The normalized spacial score (nSPS) is 17.2. The molecule has 0 fully saturated rings. The summed E-state index contributed by atoms with van der Waals surface area (Å²) in [5, 5.41) is 25.3. The van der Waals surface area contributed by atoms with Crippen molar-refractivity contribution >= 4 is 118 Å². The number of fused-ring (bicyclic) bond motifs is 18. The van der Waals surface area contributed by atoms with Gasteiger partial charge < -0.3 is 20.4 Å². The summed E-state index contributed by atoms with van der Waals surface area (Å²) in [5.74, 6) is 2.87. The van der Waals surface area contributed by atoms with E-state index in [0.717, 1.165) is 64.6 Å². The molecule has 17 heteroatoms. The predicted octanol–water partition coefficient (Wildman–Crippen LogP) is 10.1. The fourth-order valence-corrected chi connectivity index (χ4v) is 12.9. The average molecular weight is 941 g/mol. The van der Waals surface area contributed by atoms with E-state index in [1.54, 1.807) is 57.6 Å². The van der Waals surface area contributed by atoms with Crippen LogP contribution in [0.2, 0.25) is 0 Å². The van der Waals surface area contributed by atoms with Crippen LogP contribution in [-0.4, -0.2) is 51.4 Å². The minimum absolute atomic E-state index is 0.0243. The number of aromatic nitrogens is 2. The lowest BCUT2D eigenvalue weighted by Gasteiger charge is -2.27. The van der Waals surface area contributed by atoms with Crippen LogP contribution >= 0.6 is 45.3 Å². The summed E-state index contributed by atoms with van der Waals surface area (Å²) in [6.07, 6.45) is 3.00. The number of benzene rings is 3. The predicted molar refractivity (Wildman–Crippen MR) is 264 cm³/mol. The number of aliphatic imine (C=N–C) groups is 4. The van der Waals surface area contributed by atoms with Crippen molar-refractivity contribution < 1.29 is 18.1 Å². The smallest absolute Gasteiger partial charge is 0.295 e. The third-order valence-electron chi connectivity index (χ3n) is 11.8. The number of rotatable bonds is 5. The Labute approximate surface area is 384 Å². The van der Waals surface area contributed by atoms with E-state index in [1.807, 2.05) is 71.4 Å². The lowest BCUT2D eigenvalue weighted by Crippen LogP contribution is -2.41. The third kappa shape index (κ3) is 6.12. The van der Waals surface area contributed by atoms with Gasteiger partial charge in [0.2, 0.25) is 0 Å². The van der Waals surface area contributed by atoms with Gasteiger partial charge >= 0.3 is 0 Å². The van der Waals surface area contributed by atoms with Gasteiger partial charge in [-0.25, -0.2) is 25.0 Å². The molecule has 0 radical (unpaired) electrons. The molecule has 1 atom stereocenters. The van der Waals surface area contributed by atoms with Gasteiger partial charge in [-0.15, -0.1) is 45.3 Å². The molecule has 4 aliphatic rings. The molecule has 5 N–H and O–H groups in total. The van der Waals surface area contributed by atoms with E-state index in [4.69, 9.17) is 25.0 Å². The first kappa shape index (κ1) is 38.5. The highest BCUT2D eigenvalue weighted by Crippen LogP contribution is 2.43. The number of H-pyrrole nitrogens is 2. The van der Waals surface area contributed by atoms with Gasteiger partial charge in [-0.1, -0.05) is 48.5 Å². The topological polar surface area (TPSA) is 180 Å². The Kier molecular flexibility index (Phi) is 8.45. The lowest BCUT2D eigenvalue weighted by molar-refractivity contribution is 0.160. The summed E-state index contributed by atoms with van der Waals surface area (Å²) in [6, 6.07) is 33.9. The highest BCUT2D eigenvalue weighted by Gasteiger charge is 2.44. The number of hydrogen-bond donors (Lipinski definition) is 5. The van der Waals surface area contributed by atoms with Gasteiger partial charge in [0.1, 0.15) is 33.7 Å².